The van der Waals surface area contributed by atoms with Crippen LogP contribution in [0.3, 0.4) is 0 Å². The first-order chi connectivity index (χ1) is 10.0. The van der Waals surface area contributed by atoms with Gasteiger partial charge in [-0.3, -0.25) is 9.48 Å². The van der Waals surface area contributed by atoms with Gasteiger partial charge in [-0.2, -0.15) is 5.10 Å². The van der Waals surface area contributed by atoms with Crippen molar-refractivity contribution in [3.05, 3.63) is 10.6 Å². The molecule has 2 aromatic rings. The Hall–Kier alpha value is -1.56. The molecule has 2 heterocycles. The minimum atomic E-state index is 0.0718. The topological polar surface area (TPSA) is 64.2 Å². The van der Waals surface area contributed by atoms with Gasteiger partial charge in [-0.1, -0.05) is 6.42 Å². The molecule has 1 amide bonds. The predicted molar refractivity (Wildman–Crippen MR) is 86.7 cm³/mol. The van der Waals surface area contributed by atoms with Gasteiger partial charge in [-0.05, 0) is 32.6 Å². The van der Waals surface area contributed by atoms with Crippen molar-refractivity contribution in [2.75, 3.05) is 18.8 Å². The molecule has 2 aromatic heterocycles. The summed E-state index contributed by atoms with van der Waals surface area (Å²) in [6, 6.07) is 0. The van der Waals surface area contributed by atoms with Crippen molar-refractivity contribution in [1.29, 1.82) is 0 Å². The molecule has 3 rings (SSSR count). The van der Waals surface area contributed by atoms with Crippen LogP contribution in [0.4, 0.5) is 5.69 Å². The van der Waals surface area contributed by atoms with Gasteiger partial charge in [0, 0.05) is 20.1 Å². The van der Waals surface area contributed by atoms with E-state index < -0.39 is 0 Å². The van der Waals surface area contributed by atoms with Crippen LogP contribution >= 0.6 is 11.3 Å². The van der Waals surface area contributed by atoms with Crippen molar-refractivity contribution in [3.8, 4) is 0 Å². The van der Waals surface area contributed by atoms with Crippen LogP contribution < -0.4 is 5.73 Å². The Bertz CT molecular complexity index is 683. The van der Waals surface area contributed by atoms with Crippen LogP contribution in [-0.4, -0.2) is 33.7 Å². The number of amides is 1. The Morgan fingerprint density at radius 3 is 2.76 bits per heavy atom. The molecular weight excluding hydrogens is 284 g/mol. The Morgan fingerprint density at radius 1 is 1.52 bits per heavy atom. The van der Waals surface area contributed by atoms with Gasteiger partial charge in [-0.15, -0.1) is 11.3 Å². The molecule has 0 aliphatic heterocycles. The van der Waals surface area contributed by atoms with Crippen molar-refractivity contribution in [1.82, 2.24) is 14.7 Å². The van der Waals surface area contributed by atoms with Crippen LogP contribution in [0, 0.1) is 12.8 Å². The van der Waals surface area contributed by atoms with E-state index in [4.69, 9.17) is 5.73 Å². The fourth-order valence-corrected chi connectivity index (χ4v) is 4.13. The van der Waals surface area contributed by atoms with E-state index in [0.29, 0.717) is 16.5 Å². The molecule has 0 unspecified atom stereocenters. The molecule has 0 radical (unpaired) electrons. The first-order valence-electron chi connectivity index (χ1n) is 7.53. The van der Waals surface area contributed by atoms with Crippen LogP contribution in [0.5, 0.6) is 0 Å². The smallest absolute Gasteiger partial charge is 0.266 e. The number of nitrogen functional groups attached to an aromatic ring is 1. The average molecular weight is 306 g/mol. The van der Waals surface area contributed by atoms with Crippen molar-refractivity contribution in [3.63, 3.8) is 0 Å². The Kier molecular flexibility index (Phi) is 3.65. The van der Waals surface area contributed by atoms with Gasteiger partial charge in [0.25, 0.3) is 5.91 Å². The maximum atomic E-state index is 12.8. The first-order valence-corrected chi connectivity index (χ1v) is 8.35. The van der Waals surface area contributed by atoms with E-state index in [1.54, 1.807) is 0 Å². The average Bonchev–Trinajstić information content (AvgIpc) is 2.88. The molecule has 1 fully saturated rings. The number of fused-ring (bicyclic) bond motifs is 1. The summed E-state index contributed by atoms with van der Waals surface area (Å²) >= 11 is 1.46. The highest BCUT2D eigenvalue weighted by molar-refractivity contribution is 7.21. The lowest BCUT2D eigenvalue weighted by Gasteiger charge is -2.31. The van der Waals surface area contributed by atoms with Crippen LogP contribution in [0.25, 0.3) is 10.2 Å². The molecule has 2 N–H and O–H groups in total. The number of hydrogen-bond acceptors (Lipinski definition) is 4. The summed E-state index contributed by atoms with van der Waals surface area (Å²) < 4.78 is 1.81. The molecule has 6 heteroatoms. The molecular formula is C15H22N4OS. The second-order valence-corrected chi connectivity index (χ2v) is 6.87. The van der Waals surface area contributed by atoms with Crippen molar-refractivity contribution in [2.24, 2.45) is 13.0 Å². The van der Waals surface area contributed by atoms with E-state index in [2.05, 4.69) is 5.10 Å². The summed E-state index contributed by atoms with van der Waals surface area (Å²) in [4.78, 5) is 16.4. The zero-order valence-corrected chi connectivity index (χ0v) is 13.7. The zero-order chi connectivity index (χ0) is 15.1. The maximum Gasteiger partial charge on any atom is 0.266 e. The van der Waals surface area contributed by atoms with Crippen LogP contribution in [0.2, 0.25) is 0 Å². The molecule has 0 spiro atoms. The Balaban J connectivity index is 1.92. The number of carbonyl (C=O) groups excluding carboxylic acids is 1. The van der Waals surface area contributed by atoms with Gasteiger partial charge >= 0.3 is 0 Å². The highest BCUT2D eigenvalue weighted by atomic mass is 32.1. The number of hydrogen-bond donors (Lipinski definition) is 1. The van der Waals surface area contributed by atoms with Gasteiger partial charge in [0.2, 0.25) is 0 Å². The van der Waals surface area contributed by atoms with E-state index >= 15 is 0 Å². The highest BCUT2D eigenvalue weighted by Gasteiger charge is 2.27. The van der Waals surface area contributed by atoms with E-state index in [-0.39, 0.29) is 5.91 Å². The Morgan fingerprint density at radius 2 is 2.24 bits per heavy atom. The maximum absolute atomic E-state index is 12.8. The molecule has 0 aromatic carbocycles. The Labute approximate surface area is 128 Å². The van der Waals surface area contributed by atoms with Gasteiger partial charge in [0.1, 0.15) is 9.71 Å². The van der Waals surface area contributed by atoms with Gasteiger partial charge in [0.15, 0.2) is 0 Å². The molecule has 1 aliphatic carbocycles. The number of aromatic nitrogens is 2. The molecule has 1 aliphatic rings. The third kappa shape index (κ3) is 2.31. The molecule has 0 atom stereocenters. The van der Waals surface area contributed by atoms with E-state index in [1.807, 2.05) is 30.5 Å². The van der Waals surface area contributed by atoms with Gasteiger partial charge in [-0.25, -0.2) is 0 Å². The van der Waals surface area contributed by atoms with Gasteiger partial charge < -0.3 is 10.6 Å². The molecule has 1 saturated carbocycles. The molecule has 0 bridgehead atoms. The molecule has 5 nitrogen and oxygen atoms in total. The lowest BCUT2D eigenvalue weighted by molar-refractivity contribution is 0.0712. The number of nitrogens with two attached hydrogens (primary N) is 1. The molecule has 21 heavy (non-hydrogen) atoms. The SMILES string of the molecule is CCN(CC1CCC1)C(=O)c1sc2c(c(C)nn2C)c1N. The first kappa shape index (κ1) is 14.4. The molecule has 114 valence electrons. The standard InChI is InChI=1S/C15H22N4OS/c1-4-19(8-10-6-5-7-10)14(20)13-12(16)11-9(2)17-18(3)15(11)21-13/h10H,4-8,16H2,1-3H3. The monoisotopic (exact) mass is 306 g/mol. The lowest BCUT2D eigenvalue weighted by atomic mass is 9.85. The normalized spacial score (nSPS) is 15.4. The number of rotatable bonds is 4. The fraction of sp³-hybridized carbons (Fsp3) is 0.600. The van der Waals surface area contributed by atoms with Gasteiger partial charge in [0.05, 0.1) is 16.8 Å². The quantitative estimate of drug-likeness (QED) is 0.944. The second kappa shape index (κ2) is 5.33. The minimum absolute atomic E-state index is 0.0718. The largest absolute Gasteiger partial charge is 0.397 e. The minimum Gasteiger partial charge on any atom is -0.397 e. The second-order valence-electron chi connectivity index (χ2n) is 5.87. The summed E-state index contributed by atoms with van der Waals surface area (Å²) in [6.07, 6.45) is 3.79. The lowest BCUT2D eigenvalue weighted by Crippen LogP contribution is -2.37. The number of aryl methyl sites for hydroxylation is 2. The zero-order valence-electron chi connectivity index (χ0n) is 12.8. The number of carbonyl (C=O) groups is 1. The number of anilines is 1. The highest BCUT2D eigenvalue weighted by Crippen LogP contribution is 2.36. The van der Waals surface area contributed by atoms with Crippen molar-refractivity contribution < 1.29 is 4.79 Å². The summed E-state index contributed by atoms with van der Waals surface area (Å²) in [5, 5.41) is 5.31. The van der Waals surface area contributed by atoms with E-state index in [0.717, 1.165) is 29.0 Å². The predicted octanol–water partition coefficient (Wildman–Crippen LogP) is 2.79. The summed E-state index contributed by atoms with van der Waals surface area (Å²) in [5.74, 6) is 0.746. The van der Waals surface area contributed by atoms with Crippen LogP contribution in [-0.2, 0) is 7.05 Å². The third-order valence-corrected chi connectivity index (χ3v) is 5.71. The van der Waals surface area contributed by atoms with E-state index in [1.165, 1.54) is 30.6 Å². The number of thiophene rings is 1. The summed E-state index contributed by atoms with van der Waals surface area (Å²) in [6.45, 7) is 5.57. The van der Waals surface area contributed by atoms with Crippen LogP contribution in [0.15, 0.2) is 0 Å². The van der Waals surface area contributed by atoms with Crippen LogP contribution in [0.1, 0.15) is 41.6 Å². The fourth-order valence-electron chi connectivity index (χ4n) is 2.97. The third-order valence-electron chi connectivity index (χ3n) is 4.45. The summed E-state index contributed by atoms with van der Waals surface area (Å²) in [7, 11) is 1.89. The summed E-state index contributed by atoms with van der Waals surface area (Å²) in [5.41, 5.74) is 7.72. The number of nitrogens with zero attached hydrogens (tertiary/aromatic N) is 3. The van der Waals surface area contributed by atoms with E-state index in [9.17, 15) is 4.79 Å². The molecule has 0 saturated heterocycles. The van der Waals surface area contributed by atoms with Crippen molar-refractivity contribution in [2.45, 2.75) is 33.1 Å². The van der Waals surface area contributed by atoms with Crippen molar-refractivity contribution >= 4 is 33.1 Å².